The molecule has 2 aliphatic rings. The van der Waals surface area contributed by atoms with Crippen molar-refractivity contribution in [2.75, 3.05) is 37.7 Å². The predicted molar refractivity (Wildman–Crippen MR) is 124 cm³/mol. The number of fused-ring (bicyclic) bond motifs is 1. The zero-order chi connectivity index (χ0) is 22.7. The minimum atomic E-state index is -0.376. The second-order valence-corrected chi connectivity index (χ2v) is 8.80. The highest BCUT2D eigenvalue weighted by molar-refractivity contribution is 5.89. The van der Waals surface area contributed by atoms with Gasteiger partial charge in [0.1, 0.15) is 6.54 Å². The Morgan fingerprint density at radius 2 is 1.78 bits per heavy atom. The molecule has 0 saturated carbocycles. The fraction of sp³-hybridized carbons (Fsp3) is 0.560. The van der Waals surface area contributed by atoms with E-state index in [-0.39, 0.29) is 18.4 Å². The fourth-order valence-electron chi connectivity index (χ4n) is 4.84. The molecule has 1 aliphatic carbocycles. The number of rotatable bonds is 5. The van der Waals surface area contributed by atoms with Crippen molar-refractivity contribution in [3.63, 3.8) is 0 Å². The molecule has 1 aliphatic heterocycles. The average Bonchev–Trinajstić information content (AvgIpc) is 2.96. The lowest BCUT2D eigenvalue weighted by atomic mass is 10.1. The summed E-state index contributed by atoms with van der Waals surface area (Å²) in [4.78, 5) is 29.9. The third kappa shape index (κ3) is 4.52. The fourth-order valence-corrected chi connectivity index (χ4v) is 4.84. The Kier molecular flexibility index (Phi) is 6.82. The van der Waals surface area contributed by atoms with E-state index in [1.54, 1.807) is 11.6 Å². The number of nitrogens with zero attached hydrogens (tertiary/aromatic N) is 4. The highest BCUT2D eigenvalue weighted by atomic mass is 16.5. The van der Waals surface area contributed by atoms with Crippen LogP contribution < -0.4 is 4.90 Å². The zero-order valence-electron chi connectivity index (χ0n) is 19.5. The Balaban J connectivity index is 1.45. The maximum atomic E-state index is 13.1. The van der Waals surface area contributed by atoms with Crippen LogP contribution in [-0.4, -0.2) is 59.3 Å². The molecular weight excluding hydrogens is 404 g/mol. The van der Waals surface area contributed by atoms with E-state index in [0.717, 1.165) is 56.5 Å². The standard InChI is InChI=1S/C25H34N4O3/c1-4-32-25(31)24-20-10-6-5-7-11-22(20)29(26-24)17-23(30)28-15-13-27(14-16-28)21-12-8-9-18(2)19(21)3/h8-9,12H,4-7,10-11,13-17H2,1-3H3. The van der Waals surface area contributed by atoms with E-state index in [2.05, 4.69) is 42.0 Å². The molecule has 1 aromatic heterocycles. The molecule has 32 heavy (non-hydrogen) atoms. The van der Waals surface area contributed by atoms with Gasteiger partial charge >= 0.3 is 5.97 Å². The predicted octanol–water partition coefficient (Wildman–Crippen LogP) is 3.29. The average molecular weight is 439 g/mol. The number of carbonyl (C=O) groups is 2. The van der Waals surface area contributed by atoms with Gasteiger partial charge in [-0.05, 0) is 63.6 Å². The summed E-state index contributed by atoms with van der Waals surface area (Å²) < 4.78 is 7.00. The topological polar surface area (TPSA) is 67.7 Å². The van der Waals surface area contributed by atoms with Crippen molar-refractivity contribution in [2.24, 2.45) is 0 Å². The zero-order valence-corrected chi connectivity index (χ0v) is 19.5. The quantitative estimate of drug-likeness (QED) is 0.529. The summed E-state index contributed by atoms with van der Waals surface area (Å²) in [5.74, 6) is -0.311. The van der Waals surface area contributed by atoms with Crippen molar-refractivity contribution in [1.82, 2.24) is 14.7 Å². The lowest BCUT2D eigenvalue weighted by Gasteiger charge is -2.37. The number of carbonyl (C=O) groups excluding carboxylic acids is 2. The van der Waals surface area contributed by atoms with Crippen molar-refractivity contribution >= 4 is 17.6 Å². The summed E-state index contributed by atoms with van der Waals surface area (Å²) >= 11 is 0. The van der Waals surface area contributed by atoms with Gasteiger partial charge in [0.25, 0.3) is 0 Å². The minimum absolute atomic E-state index is 0.0653. The van der Waals surface area contributed by atoms with E-state index in [1.807, 2.05) is 4.90 Å². The van der Waals surface area contributed by atoms with Gasteiger partial charge in [0.2, 0.25) is 5.91 Å². The molecular formula is C25H34N4O3. The van der Waals surface area contributed by atoms with E-state index in [1.165, 1.54) is 16.8 Å². The SMILES string of the molecule is CCOC(=O)c1nn(CC(=O)N2CCN(c3cccc(C)c3C)CC2)c2c1CCCCC2. The van der Waals surface area contributed by atoms with Crippen LogP contribution in [0.3, 0.4) is 0 Å². The molecule has 1 aromatic carbocycles. The van der Waals surface area contributed by atoms with Gasteiger partial charge < -0.3 is 14.5 Å². The molecule has 1 saturated heterocycles. The summed E-state index contributed by atoms with van der Waals surface area (Å²) in [6.07, 6.45) is 4.91. The highest BCUT2D eigenvalue weighted by Gasteiger charge is 2.28. The van der Waals surface area contributed by atoms with Crippen LogP contribution in [-0.2, 0) is 28.9 Å². The van der Waals surface area contributed by atoms with Crippen LogP contribution in [0.1, 0.15) is 59.1 Å². The van der Waals surface area contributed by atoms with E-state index < -0.39 is 0 Å². The summed E-state index contributed by atoms with van der Waals surface area (Å²) in [5, 5.41) is 4.55. The van der Waals surface area contributed by atoms with Crippen LogP contribution in [0.4, 0.5) is 5.69 Å². The van der Waals surface area contributed by atoms with Crippen LogP contribution in [0.25, 0.3) is 0 Å². The Labute approximate surface area is 190 Å². The van der Waals surface area contributed by atoms with E-state index in [0.29, 0.717) is 25.4 Å². The summed E-state index contributed by atoms with van der Waals surface area (Å²) in [7, 11) is 0. The molecule has 1 amide bonds. The molecule has 0 atom stereocenters. The second-order valence-electron chi connectivity index (χ2n) is 8.80. The lowest BCUT2D eigenvalue weighted by molar-refractivity contribution is -0.132. The Morgan fingerprint density at radius 3 is 2.53 bits per heavy atom. The molecule has 0 unspecified atom stereocenters. The Morgan fingerprint density at radius 1 is 1.03 bits per heavy atom. The number of esters is 1. The number of hydrogen-bond donors (Lipinski definition) is 0. The molecule has 2 aromatic rings. The third-order valence-corrected chi connectivity index (χ3v) is 6.81. The summed E-state index contributed by atoms with van der Waals surface area (Å²) in [6.45, 7) is 9.64. The molecule has 2 heterocycles. The first-order chi connectivity index (χ1) is 15.5. The number of piperazine rings is 1. The number of benzene rings is 1. The molecule has 0 radical (unpaired) electrons. The van der Waals surface area contributed by atoms with Crippen molar-refractivity contribution in [2.45, 2.75) is 59.4 Å². The Bertz CT molecular complexity index is 989. The van der Waals surface area contributed by atoms with Gasteiger partial charge in [-0.25, -0.2) is 4.79 Å². The molecule has 1 fully saturated rings. The maximum Gasteiger partial charge on any atom is 0.359 e. The highest BCUT2D eigenvalue weighted by Crippen LogP contribution is 2.26. The summed E-state index contributed by atoms with van der Waals surface area (Å²) in [5.41, 5.74) is 6.27. The number of hydrogen-bond acceptors (Lipinski definition) is 5. The first kappa shape index (κ1) is 22.4. The summed E-state index contributed by atoms with van der Waals surface area (Å²) in [6, 6.07) is 6.39. The smallest absolute Gasteiger partial charge is 0.359 e. The van der Waals surface area contributed by atoms with Crippen LogP contribution in [0.5, 0.6) is 0 Å². The number of aromatic nitrogens is 2. The second kappa shape index (κ2) is 9.76. The van der Waals surface area contributed by atoms with Crippen molar-refractivity contribution in [1.29, 1.82) is 0 Å². The van der Waals surface area contributed by atoms with Crippen LogP contribution in [0, 0.1) is 13.8 Å². The monoisotopic (exact) mass is 438 g/mol. The van der Waals surface area contributed by atoms with Gasteiger partial charge in [-0.2, -0.15) is 5.10 Å². The number of amides is 1. The van der Waals surface area contributed by atoms with Crippen LogP contribution in [0.15, 0.2) is 18.2 Å². The van der Waals surface area contributed by atoms with Gasteiger partial charge in [0.05, 0.1) is 6.61 Å². The molecule has 172 valence electrons. The van der Waals surface area contributed by atoms with Gasteiger partial charge in [0.15, 0.2) is 5.69 Å². The van der Waals surface area contributed by atoms with Crippen LogP contribution >= 0.6 is 0 Å². The third-order valence-electron chi connectivity index (χ3n) is 6.81. The first-order valence-corrected chi connectivity index (χ1v) is 11.8. The largest absolute Gasteiger partial charge is 0.461 e. The Hall–Kier alpha value is -2.83. The van der Waals surface area contributed by atoms with Gasteiger partial charge in [-0.15, -0.1) is 0 Å². The molecule has 7 heteroatoms. The van der Waals surface area contributed by atoms with E-state index >= 15 is 0 Å². The first-order valence-electron chi connectivity index (χ1n) is 11.8. The maximum absolute atomic E-state index is 13.1. The molecule has 0 N–H and O–H groups in total. The molecule has 7 nitrogen and oxygen atoms in total. The van der Waals surface area contributed by atoms with E-state index in [9.17, 15) is 9.59 Å². The number of aryl methyl sites for hydroxylation is 1. The molecule has 0 bridgehead atoms. The van der Waals surface area contributed by atoms with Gasteiger partial charge in [-0.1, -0.05) is 18.6 Å². The van der Waals surface area contributed by atoms with Gasteiger partial charge in [0, 0.05) is 43.1 Å². The number of ether oxygens (including phenoxy) is 1. The van der Waals surface area contributed by atoms with Crippen molar-refractivity contribution in [3.8, 4) is 0 Å². The van der Waals surface area contributed by atoms with Gasteiger partial charge in [-0.3, -0.25) is 9.48 Å². The van der Waals surface area contributed by atoms with Crippen molar-refractivity contribution < 1.29 is 14.3 Å². The van der Waals surface area contributed by atoms with E-state index in [4.69, 9.17) is 4.74 Å². The minimum Gasteiger partial charge on any atom is -0.461 e. The number of anilines is 1. The molecule has 0 spiro atoms. The van der Waals surface area contributed by atoms with Crippen molar-refractivity contribution in [3.05, 3.63) is 46.3 Å². The normalized spacial score (nSPS) is 16.5. The molecule has 4 rings (SSSR count). The lowest BCUT2D eigenvalue weighted by Crippen LogP contribution is -2.50. The van der Waals surface area contributed by atoms with Crippen LogP contribution in [0.2, 0.25) is 0 Å².